The minimum absolute atomic E-state index is 0. The van der Waals surface area contributed by atoms with Gasteiger partial charge in [-0.1, -0.05) is 12.0 Å². The van der Waals surface area contributed by atoms with E-state index in [-0.39, 0.29) is 42.3 Å². The van der Waals surface area contributed by atoms with Crippen molar-refractivity contribution in [3.63, 3.8) is 0 Å². The number of amides is 2. The standard InChI is InChI=1S/C20H27N5O2.HI/c1-3-16-8-5-9-17(14-16)24-18(26)15-23-20(21-4-2)22-11-7-13-25-12-6-10-19(25)27;/h1,5,8-9,14H,4,6-7,10-13,15H2,2H3,(H,24,26)(H2,21,22,23);1H. The van der Waals surface area contributed by atoms with Gasteiger partial charge in [-0.2, -0.15) is 0 Å². The van der Waals surface area contributed by atoms with E-state index >= 15 is 0 Å². The zero-order chi connectivity index (χ0) is 19.5. The molecule has 0 bridgehead atoms. The lowest BCUT2D eigenvalue weighted by molar-refractivity contribution is -0.127. The van der Waals surface area contributed by atoms with E-state index in [0.717, 1.165) is 25.9 Å². The first-order valence-corrected chi connectivity index (χ1v) is 9.29. The lowest BCUT2D eigenvalue weighted by atomic mass is 10.2. The van der Waals surface area contributed by atoms with E-state index < -0.39 is 0 Å². The van der Waals surface area contributed by atoms with Gasteiger partial charge >= 0.3 is 0 Å². The van der Waals surface area contributed by atoms with Crippen molar-refractivity contribution in [1.82, 2.24) is 15.5 Å². The van der Waals surface area contributed by atoms with Gasteiger partial charge in [0.15, 0.2) is 5.96 Å². The van der Waals surface area contributed by atoms with Gasteiger partial charge in [0.05, 0.1) is 0 Å². The van der Waals surface area contributed by atoms with Crippen molar-refractivity contribution in [2.45, 2.75) is 26.2 Å². The molecule has 0 aliphatic carbocycles. The molecule has 28 heavy (non-hydrogen) atoms. The summed E-state index contributed by atoms with van der Waals surface area (Å²) in [6, 6.07) is 7.12. The van der Waals surface area contributed by atoms with E-state index in [4.69, 9.17) is 6.42 Å². The summed E-state index contributed by atoms with van der Waals surface area (Å²) in [5.41, 5.74) is 1.36. The van der Waals surface area contributed by atoms with Crippen LogP contribution in [0.3, 0.4) is 0 Å². The molecule has 1 aliphatic rings. The molecule has 0 radical (unpaired) electrons. The molecule has 1 aromatic rings. The van der Waals surface area contributed by atoms with Crippen molar-refractivity contribution < 1.29 is 9.59 Å². The highest BCUT2D eigenvalue weighted by Crippen LogP contribution is 2.10. The maximum Gasteiger partial charge on any atom is 0.246 e. The van der Waals surface area contributed by atoms with E-state index in [0.29, 0.717) is 36.7 Å². The molecule has 1 aliphatic heterocycles. The maximum absolute atomic E-state index is 12.1. The number of guanidine groups is 1. The number of hydrogen-bond acceptors (Lipinski definition) is 3. The highest BCUT2D eigenvalue weighted by atomic mass is 127. The third kappa shape index (κ3) is 8.17. The number of benzene rings is 1. The number of anilines is 1. The first kappa shape index (κ1) is 23.8. The van der Waals surface area contributed by atoms with E-state index in [1.807, 2.05) is 11.8 Å². The number of likely N-dealkylation sites (tertiary alicyclic amines) is 1. The zero-order valence-electron chi connectivity index (χ0n) is 16.2. The van der Waals surface area contributed by atoms with Crippen molar-refractivity contribution in [2.75, 3.05) is 38.0 Å². The van der Waals surface area contributed by atoms with Crippen molar-refractivity contribution in [3.8, 4) is 12.3 Å². The topological polar surface area (TPSA) is 85.8 Å². The normalized spacial score (nSPS) is 13.5. The van der Waals surface area contributed by atoms with Crippen LogP contribution in [0.1, 0.15) is 31.7 Å². The fraction of sp³-hybridized carbons (Fsp3) is 0.450. The molecule has 0 aromatic heterocycles. The molecule has 1 saturated heterocycles. The molecular weight excluding hydrogens is 469 g/mol. The molecule has 1 fully saturated rings. The number of aliphatic imine (C=N–C) groups is 1. The Morgan fingerprint density at radius 2 is 2.18 bits per heavy atom. The van der Waals surface area contributed by atoms with Gasteiger partial charge in [-0.15, -0.1) is 30.4 Å². The quantitative estimate of drug-likeness (QED) is 0.168. The lowest BCUT2D eigenvalue weighted by Crippen LogP contribution is -2.39. The zero-order valence-corrected chi connectivity index (χ0v) is 18.5. The number of carbonyl (C=O) groups is 2. The van der Waals surface area contributed by atoms with Crippen LogP contribution in [-0.4, -0.2) is 55.4 Å². The van der Waals surface area contributed by atoms with E-state index in [9.17, 15) is 9.59 Å². The summed E-state index contributed by atoms with van der Waals surface area (Å²) < 4.78 is 0. The number of halogens is 1. The van der Waals surface area contributed by atoms with Crippen molar-refractivity contribution in [2.24, 2.45) is 4.99 Å². The smallest absolute Gasteiger partial charge is 0.246 e. The number of carbonyl (C=O) groups excluding carboxylic acids is 2. The Morgan fingerprint density at radius 1 is 1.36 bits per heavy atom. The molecule has 2 amide bonds. The second-order valence-electron chi connectivity index (χ2n) is 6.23. The molecule has 7 nitrogen and oxygen atoms in total. The van der Waals surface area contributed by atoms with Crippen LogP contribution in [-0.2, 0) is 9.59 Å². The van der Waals surface area contributed by atoms with Gasteiger partial charge in [0.1, 0.15) is 6.54 Å². The second kappa shape index (κ2) is 13.0. The van der Waals surface area contributed by atoms with Gasteiger partial charge in [-0.05, 0) is 38.0 Å². The first-order valence-electron chi connectivity index (χ1n) is 9.29. The molecule has 152 valence electrons. The highest BCUT2D eigenvalue weighted by Gasteiger charge is 2.18. The van der Waals surface area contributed by atoms with Gasteiger partial charge in [-0.25, -0.2) is 4.99 Å². The van der Waals surface area contributed by atoms with Crippen LogP contribution >= 0.6 is 24.0 Å². The number of nitrogens with zero attached hydrogens (tertiary/aromatic N) is 2. The average molecular weight is 497 g/mol. The summed E-state index contributed by atoms with van der Waals surface area (Å²) in [7, 11) is 0. The first-order chi connectivity index (χ1) is 13.1. The van der Waals surface area contributed by atoms with Gasteiger partial charge < -0.3 is 20.9 Å². The summed E-state index contributed by atoms with van der Waals surface area (Å²) in [4.78, 5) is 29.9. The van der Waals surface area contributed by atoms with Crippen LogP contribution < -0.4 is 16.0 Å². The third-order valence-corrected chi connectivity index (χ3v) is 4.11. The number of nitrogens with one attached hydrogen (secondary N) is 3. The monoisotopic (exact) mass is 497 g/mol. The van der Waals surface area contributed by atoms with Crippen molar-refractivity contribution in [1.29, 1.82) is 0 Å². The molecule has 0 saturated carbocycles. The Bertz CT molecular complexity index is 730. The average Bonchev–Trinajstić information content (AvgIpc) is 3.08. The largest absolute Gasteiger partial charge is 0.357 e. The molecule has 0 atom stereocenters. The second-order valence-corrected chi connectivity index (χ2v) is 6.23. The van der Waals surface area contributed by atoms with Gasteiger partial charge in [-0.3, -0.25) is 9.59 Å². The van der Waals surface area contributed by atoms with Crippen LogP contribution in [0.2, 0.25) is 0 Å². The fourth-order valence-electron chi connectivity index (χ4n) is 2.80. The molecule has 3 N–H and O–H groups in total. The van der Waals surface area contributed by atoms with Gasteiger partial charge in [0, 0.05) is 43.9 Å². The fourth-order valence-corrected chi connectivity index (χ4v) is 2.80. The summed E-state index contributed by atoms with van der Waals surface area (Å²) in [6.07, 6.45) is 7.82. The molecular formula is C20H28IN5O2. The highest BCUT2D eigenvalue weighted by molar-refractivity contribution is 14.0. The Labute approximate surface area is 183 Å². The Hall–Kier alpha value is -2.28. The van der Waals surface area contributed by atoms with Crippen LogP contribution in [0.4, 0.5) is 5.69 Å². The summed E-state index contributed by atoms with van der Waals surface area (Å²) in [5, 5.41) is 9.08. The number of terminal acetylenes is 1. The van der Waals surface area contributed by atoms with Crippen molar-refractivity contribution in [3.05, 3.63) is 29.8 Å². The minimum atomic E-state index is -0.218. The predicted molar refractivity (Wildman–Crippen MR) is 123 cm³/mol. The van der Waals surface area contributed by atoms with Crippen LogP contribution in [0.15, 0.2) is 29.3 Å². The van der Waals surface area contributed by atoms with E-state index in [1.165, 1.54) is 0 Å². The summed E-state index contributed by atoms with van der Waals surface area (Å²) >= 11 is 0. The SMILES string of the molecule is C#Cc1cccc(NC(=O)CN=C(NCC)NCCCN2CCCC2=O)c1.I. The van der Waals surface area contributed by atoms with Crippen molar-refractivity contribution >= 4 is 47.4 Å². The van der Waals surface area contributed by atoms with Gasteiger partial charge in [0.2, 0.25) is 11.8 Å². The van der Waals surface area contributed by atoms with E-state index in [1.54, 1.807) is 24.3 Å². The molecule has 8 heteroatoms. The van der Waals surface area contributed by atoms with Crippen LogP contribution in [0.5, 0.6) is 0 Å². The predicted octanol–water partition coefficient (Wildman–Crippen LogP) is 1.79. The maximum atomic E-state index is 12.1. The number of rotatable bonds is 8. The Balaban J connectivity index is 0.00000392. The lowest BCUT2D eigenvalue weighted by Gasteiger charge is -2.16. The van der Waals surface area contributed by atoms with Crippen LogP contribution in [0, 0.1) is 12.3 Å². The van der Waals surface area contributed by atoms with E-state index in [2.05, 4.69) is 26.9 Å². The van der Waals surface area contributed by atoms with Gasteiger partial charge in [0.25, 0.3) is 0 Å². The molecule has 2 rings (SSSR count). The Kier molecular flexibility index (Phi) is 11.0. The number of hydrogen-bond donors (Lipinski definition) is 3. The molecule has 0 spiro atoms. The third-order valence-electron chi connectivity index (χ3n) is 4.11. The molecule has 1 aromatic carbocycles. The minimum Gasteiger partial charge on any atom is -0.357 e. The molecule has 0 unspecified atom stereocenters. The Morgan fingerprint density at radius 3 is 2.86 bits per heavy atom. The molecule has 1 heterocycles. The summed E-state index contributed by atoms with van der Waals surface area (Å²) in [6.45, 7) is 4.95. The van der Waals surface area contributed by atoms with Crippen LogP contribution in [0.25, 0.3) is 0 Å². The summed E-state index contributed by atoms with van der Waals surface area (Å²) in [5.74, 6) is 3.14.